The van der Waals surface area contributed by atoms with Crippen molar-refractivity contribution in [1.82, 2.24) is 5.48 Å². The van der Waals surface area contributed by atoms with Gasteiger partial charge in [0.25, 0.3) is 0 Å². The van der Waals surface area contributed by atoms with Gasteiger partial charge in [-0.05, 0) is 49.7 Å². The van der Waals surface area contributed by atoms with E-state index in [-0.39, 0.29) is 32.4 Å². The molecule has 0 aromatic heterocycles. The van der Waals surface area contributed by atoms with E-state index >= 15 is 0 Å². The van der Waals surface area contributed by atoms with E-state index in [9.17, 15) is 18.0 Å². The molecule has 4 nitrogen and oxygen atoms in total. The summed E-state index contributed by atoms with van der Waals surface area (Å²) < 4.78 is 42.6. The first kappa shape index (κ1) is 20.5. The second kappa shape index (κ2) is 6.99. The van der Waals surface area contributed by atoms with Gasteiger partial charge in [-0.2, -0.15) is 13.2 Å². The Morgan fingerprint density at radius 1 is 1.11 bits per heavy atom. The Morgan fingerprint density at radius 2 is 1.71 bits per heavy atom. The number of hydroxylamine groups is 1. The molecule has 1 unspecified atom stereocenters. The number of nitrogens with one attached hydrogen (secondary N) is 1. The minimum atomic E-state index is -4.82. The highest BCUT2D eigenvalue weighted by Gasteiger charge is 2.63. The predicted molar refractivity (Wildman–Crippen MR) is 99.1 cm³/mol. The number of alkyl halides is 3. The lowest BCUT2D eigenvalue weighted by atomic mass is 9.84. The Labute approximate surface area is 168 Å². The first-order chi connectivity index (χ1) is 13.0. The summed E-state index contributed by atoms with van der Waals surface area (Å²) >= 11 is 11.8. The van der Waals surface area contributed by atoms with Crippen LogP contribution in [0.3, 0.4) is 0 Å². The van der Waals surface area contributed by atoms with Gasteiger partial charge in [0.05, 0.1) is 11.3 Å². The maximum atomic E-state index is 14.2. The van der Waals surface area contributed by atoms with Crippen LogP contribution in [0.2, 0.25) is 10.0 Å². The summed E-state index contributed by atoms with van der Waals surface area (Å²) in [5, 5.41) is 9.22. The lowest BCUT2D eigenvalue weighted by Gasteiger charge is -2.31. The van der Waals surface area contributed by atoms with Crippen LogP contribution in [0.25, 0.3) is 5.70 Å². The second-order valence-corrected chi connectivity index (χ2v) is 7.25. The molecule has 9 heteroatoms. The van der Waals surface area contributed by atoms with Gasteiger partial charge < -0.3 is 5.11 Å². The third-order valence-electron chi connectivity index (χ3n) is 4.62. The smallest absolute Gasteiger partial charge is 0.428 e. The lowest BCUT2D eigenvalue weighted by molar-refractivity contribution is -0.273. The first-order valence-electron chi connectivity index (χ1n) is 8.00. The third kappa shape index (κ3) is 3.23. The number of aryl methyl sites for hydroxylation is 1. The summed E-state index contributed by atoms with van der Waals surface area (Å²) in [5.41, 5.74) is 0.0613. The van der Waals surface area contributed by atoms with E-state index in [1.54, 1.807) is 6.92 Å². The van der Waals surface area contributed by atoms with Crippen molar-refractivity contribution < 1.29 is 27.9 Å². The number of benzene rings is 2. The monoisotopic (exact) mass is 431 g/mol. The summed E-state index contributed by atoms with van der Waals surface area (Å²) in [5.74, 6) is -1.12. The molecule has 28 heavy (non-hydrogen) atoms. The standard InChI is InChI=1S/C19H14Cl2F3NO3/c1-9-5-11(3-4-15(9)17(26)27)16-10(2)18(28-25-16,19(22,23)24)12-6-13(20)8-14(21)7-12/h3-8,25H,1-2H3,(H,26,27). The molecule has 0 spiro atoms. The summed E-state index contributed by atoms with van der Waals surface area (Å²) in [6.45, 7) is 2.85. The van der Waals surface area contributed by atoms with E-state index < -0.39 is 17.7 Å². The molecular weight excluding hydrogens is 418 g/mol. The molecule has 2 aromatic rings. The Bertz CT molecular complexity index is 984. The molecule has 0 saturated heterocycles. The molecule has 0 radical (unpaired) electrons. The summed E-state index contributed by atoms with van der Waals surface area (Å²) in [6, 6.07) is 7.85. The summed E-state index contributed by atoms with van der Waals surface area (Å²) in [7, 11) is 0. The Hall–Kier alpha value is -2.22. The second-order valence-electron chi connectivity index (χ2n) is 6.38. The van der Waals surface area contributed by atoms with Gasteiger partial charge >= 0.3 is 12.1 Å². The molecule has 1 aliphatic rings. The summed E-state index contributed by atoms with van der Waals surface area (Å²) in [6.07, 6.45) is -4.82. The van der Waals surface area contributed by atoms with Crippen molar-refractivity contribution in [2.75, 3.05) is 0 Å². The van der Waals surface area contributed by atoms with Gasteiger partial charge in [-0.25, -0.2) is 4.79 Å². The molecule has 2 aromatic carbocycles. The number of carbonyl (C=O) groups is 1. The van der Waals surface area contributed by atoms with Gasteiger partial charge in [-0.3, -0.25) is 10.3 Å². The molecule has 0 aliphatic carbocycles. The fourth-order valence-electron chi connectivity index (χ4n) is 3.26. The molecule has 0 bridgehead atoms. The highest BCUT2D eigenvalue weighted by Crippen LogP contribution is 2.52. The topological polar surface area (TPSA) is 58.6 Å². The molecule has 0 amide bonds. The van der Waals surface area contributed by atoms with Crippen LogP contribution in [0, 0.1) is 6.92 Å². The largest absolute Gasteiger partial charge is 0.478 e. The zero-order chi connectivity index (χ0) is 20.9. The van der Waals surface area contributed by atoms with Gasteiger partial charge in [-0.1, -0.05) is 29.3 Å². The minimum Gasteiger partial charge on any atom is -0.478 e. The van der Waals surface area contributed by atoms with E-state index in [0.717, 1.165) is 12.1 Å². The maximum absolute atomic E-state index is 14.2. The van der Waals surface area contributed by atoms with Crippen LogP contribution >= 0.6 is 23.2 Å². The van der Waals surface area contributed by atoms with E-state index in [1.165, 1.54) is 31.2 Å². The molecule has 1 heterocycles. The van der Waals surface area contributed by atoms with E-state index in [1.807, 2.05) is 0 Å². The third-order valence-corrected chi connectivity index (χ3v) is 5.06. The van der Waals surface area contributed by atoms with E-state index in [4.69, 9.17) is 33.1 Å². The fraction of sp³-hybridized carbons (Fsp3) is 0.211. The molecule has 0 fully saturated rings. The fourth-order valence-corrected chi connectivity index (χ4v) is 3.78. The number of rotatable bonds is 3. The number of hydrogen-bond donors (Lipinski definition) is 2. The van der Waals surface area contributed by atoms with Crippen molar-refractivity contribution in [3.63, 3.8) is 0 Å². The maximum Gasteiger partial charge on any atom is 0.428 e. The average molecular weight is 432 g/mol. The van der Waals surface area contributed by atoms with E-state index in [2.05, 4.69) is 5.48 Å². The molecule has 1 aliphatic heterocycles. The van der Waals surface area contributed by atoms with Crippen LogP contribution in [0.15, 0.2) is 42.0 Å². The zero-order valence-corrected chi connectivity index (χ0v) is 16.1. The Morgan fingerprint density at radius 3 is 2.21 bits per heavy atom. The van der Waals surface area contributed by atoms with Crippen molar-refractivity contribution in [3.8, 4) is 0 Å². The molecular formula is C19H14Cl2F3NO3. The number of halogens is 5. The van der Waals surface area contributed by atoms with Gasteiger partial charge in [0.15, 0.2) is 0 Å². The number of carboxylic acids is 1. The molecule has 148 valence electrons. The first-order valence-corrected chi connectivity index (χ1v) is 8.76. The van der Waals surface area contributed by atoms with Gasteiger partial charge in [-0.15, -0.1) is 0 Å². The van der Waals surface area contributed by atoms with Crippen LogP contribution in [-0.2, 0) is 10.4 Å². The highest BCUT2D eigenvalue weighted by atomic mass is 35.5. The van der Waals surface area contributed by atoms with Crippen molar-refractivity contribution in [1.29, 1.82) is 0 Å². The van der Waals surface area contributed by atoms with Crippen molar-refractivity contribution in [2.24, 2.45) is 0 Å². The SMILES string of the molecule is CC1=C(c2ccc(C(=O)O)c(C)c2)NOC1(c1cc(Cl)cc(Cl)c1)C(F)(F)F. The predicted octanol–water partition coefficient (Wildman–Crippen LogP) is 5.72. The Kier molecular flexibility index (Phi) is 5.12. The highest BCUT2D eigenvalue weighted by molar-refractivity contribution is 6.34. The van der Waals surface area contributed by atoms with Crippen molar-refractivity contribution in [3.05, 3.63) is 74.3 Å². The van der Waals surface area contributed by atoms with Gasteiger partial charge in [0.2, 0.25) is 5.60 Å². The van der Waals surface area contributed by atoms with Crippen LogP contribution in [0.1, 0.15) is 34.0 Å². The Balaban J connectivity index is 2.21. The number of hydrogen-bond acceptors (Lipinski definition) is 3. The van der Waals surface area contributed by atoms with Crippen LogP contribution < -0.4 is 5.48 Å². The van der Waals surface area contributed by atoms with Gasteiger partial charge in [0, 0.05) is 26.7 Å². The minimum absolute atomic E-state index is 0.0395. The molecule has 1 atom stereocenters. The van der Waals surface area contributed by atoms with Gasteiger partial charge in [0.1, 0.15) is 0 Å². The zero-order valence-electron chi connectivity index (χ0n) is 14.6. The van der Waals surface area contributed by atoms with Crippen molar-refractivity contribution in [2.45, 2.75) is 25.6 Å². The average Bonchev–Trinajstić information content (AvgIpc) is 2.91. The van der Waals surface area contributed by atoms with Crippen molar-refractivity contribution >= 4 is 34.9 Å². The quantitative estimate of drug-likeness (QED) is 0.651. The molecule has 3 rings (SSSR count). The normalized spacial score (nSPS) is 19.7. The lowest BCUT2D eigenvalue weighted by Crippen LogP contribution is -2.44. The van der Waals surface area contributed by atoms with E-state index in [0.29, 0.717) is 11.1 Å². The molecule has 2 N–H and O–H groups in total. The van der Waals surface area contributed by atoms with Crippen LogP contribution in [0.4, 0.5) is 13.2 Å². The van der Waals surface area contributed by atoms with Crippen LogP contribution in [0.5, 0.6) is 0 Å². The number of carboxylic acid groups (broad SMARTS) is 1. The van der Waals surface area contributed by atoms with Crippen LogP contribution in [-0.4, -0.2) is 17.3 Å². The number of aromatic carboxylic acids is 1. The molecule has 0 saturated carbocycles. The summed E-state index contributed by atoms with van der Waals surface area (Å²) in [4.78, 5) is 16.3.